The Balaban J connectivity index is 3.08. The SMILES string of the molecule is S=C=NC=CCCCCCCCCCN=C=S. The molecular formula is C13H20N2S2. The Bertz CT molecular complexity index is 288. The maximum Gasteiger partial charge on any atom is 0.0634 e. The molecule has 0 atom stereocenters. The van der Waals surface area contributed by atoms with Gasteiger partial charge in [0.05, 0.1) is 10.3 Å². The molecule has 4 heteroatoms. The van der Waals surface area contributed by atoms with Gasteiger partial charge in [0.1, 0.15) is 0 Å². The van der Waals surface area contributed by atoms with E-state index in [1.165, 1.54) is 38.5 Å². The van der Waals surface area contributed by atoms with Crippen LogP contribution >= 0.6 is 24.4 Å². The molecule has 94 valence electrons. The predicted molar refractivity (Wildman–Crippen MR) is 81.0 cm³/mol. The van der Waals surface area contributed by atoms with E-state index in [1.807, 2.05) is 6.08 Å². The Morgan fingerprint density at radius 2 is 1.47 bits per heavy atom. The van der Waals surface area contributed by atoms with E-state index in [-0.39, 0.29) is 0 Å². The van der Waals surface area contributed by atoms with Crippen molar-refractivity contribution in [2.75, 3.05) is 6.54 Å². The molecule has 17 heavy (non-hydrogen) atoms. The Labute approximate surface area is 115 Å². The van der Waals surface area contributed by atoms with Crippen LogP contribution in [0.3, 0.4) is 0 Å². The normalized spacial score (nSPS) is 9.88. The molecule has 0 aromatic carbocycles. The van der Waals surface area contributed by atoms with Gasteiger partial charge >= 0.3 is 0 Å². The van der Waals surface area contributed by atoms with E-state index < -0.39 is 0 Å². The van der Waals surface area contributed by atoms with Crippen molar-refractivity contribution in [2.45, 2.75) is 51.4 Å². The molecule has 0 saturated heterocycles. The lowest BCUT2D eigenvalue weighted by atomic mass is 10.1. The van der Waals surface area contributed by atoms with Crippen LogP contribution in [0.25, 0.3) is 0 Å². The van der Waals surface area contributed by atoms with Crippen LogP contribution in [0, 0.1) is 0 Å². The third-order valence-electron chi connectivity index (χ3n) is 2.44. The highest BCUT2D eigenvalue weighted by atomic mass is 32.1. The third kappa shape index (κ3) is 15.3. The summed E-state index contributed by atoms with van der Waals surface area (Å²) in [5.74, 6) is 0. The highest BCUT2D eigenvalue weighted by Crippen LogP contribution is 2.08. The van der Waals surface area contributed by atoms with Crippen molar-refractivity contribution in [3.05, 3.63) is 12.3 Å². The monoisotopic (exact) mass is 268 g/mol. The Hall–Kier alpha value is -0.660. The highest BCUT2D eigenvalue weighted by Gasteiger charge is 1.90. The average Bonchev–Trinajstić information content (AvgIpc) is 2.35. The van der Waals surface area contributed by atoms with Gasteiger partial charge in [-0.15, -0.1) is 0 Å². The van der Waals surface area contributed by atoms with Gasteiger partial charge in [-0.2, -0.15) is 0 Å². The summed E-state index contributed by atoms with van der Waals surface area (Å²) in [4.78, 5) is 7.61. The van der Waals surface area contributed by atoms with E-state index in [1.54, 1.807) is 6.20 Å². The van der Waals surface area contributed by atoms with Crippen molar-refractivity contribution in [1.29, 1.82) is 0 Å². The summed E-state index contributed by atoms with van der Waals surface area (Å²) in [5.41, 5.74) is 0. The van der Waals surface area contributed by atoms with Crippen LogP contribution in [-0.4, -0.2) is 16.9 Å². The van der Waals surface area contributed by atoms with Gasteiger partial charge in [-0.05, 0) is 43.7 Å². The van der Waals surface area contributed by atoms with E-state index in [0.717, 1.165) is 19.4 Å². The molecule has 0 saturated carbocycles. The molecule has 0 amide bonds. The molecule has 0 radical (unpaired) electrons. The molecule has 0 aromatic heterocycles. The molecular weight excluding hydrogens is 248 g/mol. The second kappa shape index (κ2) is 15.3. The van der Waals surface area contributed by atoms with Crippen LogP contribution in [0.2, 0.25) is 0 Å². The Morgan fingerprint density at radius 1 is 0.824 bits per heavy atom. The maximum absolute atomic E-state index is 4.50. The number of rotatable bonds is 11. The Morgan fingerprint density at radius 3 is 2.12 bits per heavy atom. The summed E-state index contributed by atoms with van der Waals surface area (Å²) in [7, 11) is 0. The summed E-state index contributed by atoms with van der Waals surface area (Å²) < 4.78 is 0. The van der Waals surface area contributed by atoms with Crippen molar-refractivity contribution in [2.24, 2.45) is 9.98 Å². The Kier molecular flexibility index (Phi) is 14.7. The minimum absolute atomic E-state index is 0.842. The number of unbranched alkanes of at least 4 members (excludes halogenated alkanes) is 7. The lowest BCUT2D eigenvalue weighted by molar-refractivity contribution is 0.585. The minimum atomic E-state index is 0.842. The topological polar surface area (TPSA) is 24.7 Å². The fourth-order valence-electron chi connectivity index (χ4n) is 1.54. The van der Waals surface area contributed by atoms with Crippen LogP contribution in [0.4, 0.5) is 0 Å². The lowest BCUT2D eigenvalue weighted by Crippen LogP contribution is -1.83. The molecule has 0 heterocycles. The molecule has 0 spiro atoms. The zero-order chi connectivity index (χ0) is 12.6. The quantitative estimate of drug-likeness (QED) is 0.305. The highest BCUT2D eigenvalue weighted by molar-refractivity contribution is 7.78. The summed E-state index contributed by atoms with van der Waals surface area (Å²) in [6.07, 6.45) is 13.7. The largest absolute Gasteiger partial charge is 0.233 e. The van der Waals surface area contributed by atoms with Gasteiger partial charge in [-0.25, -0.2) is 9.98 Å². The number of thiocarbonyl (C=S) groups is 2. The lowest BCUT2D eigenvalue weighted by Gasteiger charge is -1.99. The van der Waals surface area contributed by atoms with Crippen LogP contribution in [0.15, 0.2) is 22.3 Å². The van der Waals surface area contributed by atoms with Gasteiger partial charge in [-0.3, -0.25) is 0 Å². The van der Waals surface area contributed by atoms with Gasteiger partial charge < -0.3 is 0 Å². The van der Waals surface area contributed by atoms with E-state index in [9.17, 15) is 0 Å². The number of aliphatic imine (C=N–C) groups is 2. The van der Waals surface area contributed by atoms with E-state index in [4.69, 9.17) is 0 Å². The molecule has 0 bridgehead atoms. The van der Waals surface area contributed by atoms with Crippen molar-refractivity contribution in [3.8, 4) is 0 Å². The van der Waals surface area contributed by atoms with Crippen molar-refractivity contribution in [1.82, 2.24) is 0 Å². The van der Waals surface area contributed by atoms with Crippen LogP contribution < -0.4 is 0 Å². The number of hydrogen-bond donors (Lipinski definition) is 0. The first-order valence-electron chi connectivity index (χ1n) is 6.17. The van der Waals surface area contributed by atoms with E-state index >= 15 is 0 Å². The summed E-state index contributed by atoms with van der Waals surface area (Å²) >= 11 is 8.95. The predicted octanol–water partition coefficient (Wildman–Crippen LogP) is 4.83. The molecule has 0 aliphatic carbocycles. The van der Waals surface area contributed by atoms with Crippen molar-refractivity contribution < 1.29 is 0 Å². The first-order chi connectivity index (χ1) is 8.41. The molecule has 0 fully saturated rings. The van der Waals surface area contributed by atoms with Crippen LogP contribution in [0.1, 0.15) is 51.4 Å². The number of nitrogens with zero attached hydrogens (tertiary/aromatic N) is 2. The van der Waals surface area contributed by atoms with Gasteiger partial charge in [-0.1, -0.05) is 38.2 Å². The molecule has 0 aliphatic rings. The standard InChI is InChI=1S/C13H20N2S2/c16-12-14-10-8-6-4-2-1-3-5-7-9-11-15-13-17/h8,10H,1-7,9,11H2. The first-order valence-corrected chi connectivity index (χ1v) is 6.99. The molecule has 0 aliphatic heterocycles. The fourth-order valence-corrected chi connectivity index (χ4v) is 1.69. The van der Waals surface area contributed by atoms with Crippen LogP contribution in [0.5, 0.6) is 0 Å². The minimum Gasteiger partial charge on any atom is -0.233 e. The number of hydrogen-bond acceptors (Lipinski definition) is 4. The van der Waals surface area contributed by atoms with Gasteiger partial charge in [0.25, 0.3) is 0 Å². The average molecular weight is 268 g/mol. The number of isothiocyanates is 2. The molecule has 0 unspecified atom stereocenters. The van der Waals surface area contributed by atoms with Gasteiger partial charge in [0, 0.05) is 12.7 Å². The molecule has 2 nitrogen and oxygen atoms in total. The number of allylic oxidation sites excluding steroid dienone is 1. The fraction of sp³-hybridized carbons (Fsp3) is 0.692. The zero-order valence-electron chi connectivity index (χ0n) is 10.2. The molecule has 0 aromatic rings. The maximum atomic E-state index is 4.50. The summed E-state index contributed by atoms with van der Waals surface area (Å²) in [6, 6.07) is 0. The first kappa shape index (κ1) is 16.3. The summed E-state index contributed by atoms with van der Waals surface area (Å²) in [5, 5.41) is 4.70. The smallest absolute Gasteiger partial charge is 0.0634 e. The van der Waals surface area contributed by atoms with Crippen molar-refractivity contribution in [3.63, 3.8) is 0 Å². The third-order valence-corrected chi connectivity index (χ3v) is 2.67. The van der Waals surface area contributed by atoms with Gasteiger partial charge in [0.2, 0.25) is 0 Å². The van der Waals surface area contributed by atoms with Crippen LogP contribution in [-0.2, 0) is 0 Å². The van der Waals surface area contributed by atoms with E-state index in [0.29, 0.717) is 0 Å². The summed E-state index contributed by atoms with van der Waals surface area (Å²) in [6.45, 7) is 0.842. The van der Waals surface area contributed by atoms with Crippen molar-refractivity contribution >= 4 is 34.8 Å². The second-order valence-electron chi connectivity index (χ2n) is 3.84. The molecule has 0 rings (SSSR count). The van der Waals surface area contributed by atoms with E-state index in [2.05, 4.69) is 44.7 Å². The molecule has 0 N–H and O–H groups in total. The zero-order valence-corrected chi connectivity index (χ0v) is 11.9. The van der Waals surface area contributed by atoms with Gasteiger partial charge in [0.15, 0.2) is 0 Å². The second-order valence-corrected chi connectivity index (χ2v) is 4.21.